The quantitative estimate of drug-likeness (QED) is 0.756. The molecule has 1 saturated carbocycles. The molecule has 5 heteroatoms. The third-order valence-electron chi connectivity index (χ3n) is 3.78. The number of H-pyrrole nitrogens is 1. The maximum atomic E-state index is 5.94. The second-order valence-electron chi connectivity index (χ2n) is 5.05. The third kappa shape index (κ3) is 2.06. The first-order chi connectivity index (χ1) is 8.76. The Morgan fingerprint density at radius 2 is 2.00 bits per heavy atom. The number of nitrogens with two attached hydrogens (primary N) is 1. The summed E-state index contributed by atoms with van der Waals surface area (Å²) in [4.78, 5) is 12.5. The van der Waals surface area contributed by atoms with Crippen LogP contribution in [-0.4, -0.2) is 28.0 Å². The van der Waals surface area contributed by atoms with Gasteiger partial charge in [0.1, 0.15) is 11.6 Å². The van der Waals surface area contributed by atoms with E-state index in [9.17, 15) is 0 Å². The molecule has 1 aliphatic rings. The van der Waals surface area contributed by atoms with Gasteiger partial charge in [-0.05, 0) is 37.8 Å². The summed E-state index contributed by atoms with van der Waals surface area (Å²) in [6.45, 7) is 0. The minimum atomic E-state index is 0.375. The van der Waals surface area contributed by atoms with E-state index in [2.05, 4.69) is 20.3 Å². The van der Waals surface area contributed by atoms with Crippen LogP contribution in [0.4, 0.5) is 5.82 Å². The van der Waals surface area contributed by atoms with Gasteiger partial charge in [-0.2, -0.15) is 0 Å². The molecule has 96 valence electrons. The van der Waals surface area contributed by atoms with Gasteiger partial charge in [-0.3, -0.25) is 0 Å². The van der Waals surface area contributed by atoms with E-state index in [0.717, 1.165) is 48.5 Å². The van der Waals surface area contributed by atoms with E-state index in [1.165, 1.54) is 0 Å². The number of nitrogens with one attached hydrogen (secondary N) is 2. The van der Waals surface area contributed by atoms with E-state index in [4.69, 9.17) is 5.73 Å². The molecular formula is C13H19N5. The number of aromatic nitrogens is 3. The standard InChI is InChI=1S/C13H19N5/c1-15-11-7-6-10-13(17-11)18-12(16-10)8-2-4-9(14)5-3-8/h6-9H,2-5,14H2,1H3,(H2,15,16,17,18). The fourth-order valence-electron chi connectivity index (χ4n) is 2.64. The van der Waals surface area contributed by atoms with Gasteiger partial charge >= 0.3 is 0 Å². The van der Waals surface area contributed by atoms with Crippen LogP contribution in [0.5, 0.6) is 0 Å². The SMILES string of the molecule is CNc1ccc2[nH]c(C3CCC(N)CC3)nc2n1. The first-order valence-corrected chi connectivity index (χ1v) is 6.56. The summed E-state index contributed by atoms with van der Waals surface area (Å²) in [5, 5.41) is 3.03. The van der Waals surface area contributed by atoms with Crippen molar-refractivity contribution < 1.29 is 0 Å². The van der Waals surface area contributed by atoms with Crippen molar-refractivity contribution in [2.75, 3.05) is 12.4 Å². The minimum Gasteiger partial charge on any atom is -0.373 e. The number of aromatic amines is 1. The highest BCUT2D eigenvalue weighted by Gasteiger charge is 2.22. The van der Waals surface area contributed by atoms with Gasteiger partial charge in [0.15, 0.2) is 5.65 Å². The molecule has 0 unspecified atom stereocenters. The van der Waals surface area contributed by atoms with E-state index in [-0.39, 0.29) is 0 Å². The number of nitrogens with zero attached hydrogens (tertiary/aromatic N) is 2. The number of pyridine rings is 1. The number of rotatable bonds is 2. The zero-order chi connectivity index (χ0) is 12.5. The van der Waals surface area contributed by atoms with Gasteiger partial charge in [-0.25, -0.2) is 9.97 Å². The van der Waals surface area contributed by atoms with Crippen molar-refractivity contribution in [3.05, 3.63) is 18.0 Å². The van der Waals surface area contributed by atoms with Crippen LogP contribution in [-0.2, 0) is 0 Å². The molecule has 2 aromatic heterocycles. The molecule has 5 nitrogen and oxygen atoms in total. The van der Waals surface area contributed by atoms with Crippen LogP contribution >= 0.6 is 0 Å². The Morgan fingerprint density at radius 3 is 2.72 bits per heavy atom. The van der Waals surface area contributed by atoms with Gasteiger partial charge in [0, 0.05) is 19.0 Å². The van der Waals surface area contributed by atoms with Crippen molar-refractivity contribution in [2.24, 2.45) is 5.73 Å². The number of fused-ring (bicyclic) bond motifs is 1. The molecular weight excluding hydrogens is 226 g/mol. The van der Waals surface area contributed by atoms with Crippen molar-refractivity contribution in [3.8, 4) is 0 Å². The Bertz CT molecular complexity index is 539. The number of hydrogen-bond acceptors (Lipinski definition) is 4. The Kier molecular flexibility index (Phi) is 2.91. The third-order valence-corrected chi connectivity index (χ3v) is 3.78. The van der Waals surface area contributed by atoms with Gasteiger partial charge in [0.05, 0.1) is 5.52 Å². The first kappa shape index (κ1) is 11.5. The average molecular weight is 245 g/mol. The Morgan fingerprint density at radius 1 is 1.22 bits per heavy atom. The second kappa shape index (κ2) is 4.57. The predicted molar refractivity (Wildman–Crippen MR) is 72.6 cm³/mol. The zero-order valence-corrected chi connectivity index (χ0v) is 10.6. The topological polar surface area (TPSA) is 79.6 Å². The van der Waals surface area contributed by atoms with Crippen LogP contribution in [0.3, 0.4) is 0 Å². The molecule has 0 spiro atoms. The minimum absolute atomic E-state index is 0.375. The summed E-state index contributed by atoms with van der Waals surface area (Å²) >= 11 is 0. The van der Waals surface area contributed by atoms with E-state index in [0.29, 0.717) is 12.0 Å². The average Bonchev–Trinajstić information content (AvgIpc) is 2.82. The van der Waals surface area contributed by atoms with Gasteiger partial charge in [0.25, 0.3) is 0 Å². The molecule has 0 radical (unpaired) electrons. The summed E-state index contributed by atoms with van der Waals surface area (Å²) in [7, 11) is 1.87. The maximum absolute atomic E-state index is 5.94. The van der Waals surface area contributed by atoms with Crippen molar-refractivity contribution in [3.63, 3.8) is 0 Å². The zero-order valence-electron chi connectivity index (χ0n) is 10.6. The van der Waals surface area contributed by atoms with Crippen LogP contribution in [0.25, 0.3) is 11.2 Å². The Balaban J connectivity index is 1.88. The molecule has 0 aromatic carbocycles. The highest BCUT2D eigenvalue weighted by Crippen LogP contribution is 2.31. The van der Waals surface area contributed by atoms with Crippen LogP contribution in [0.2, 0.25) is 0 Å². The first-order valence-electron chi connectivity index (χ1n) is 6.56. The van der Waals surface area contributed by atoms with Crippen LogP contribution in [0.15, 0.2) is 12.1 Å². The van der Waals surface area contributed by atoms with Crippen molar-refractivity contribution in [1.29, 1.82) is 0 Å². The molecule has 2 heterocycles. The molecule has 4 N–H and O–H groups in total. The fourth-order valence-corrected chi connectivity index (χ4v) is 2.64. The van der Waals surface area contributed by atoms with E-state index in [1.54, 1.807) is 0 Å². The lowest BCUT2D eigenvalue weighted by molar-refractivity contribution is 0.386. The highest BCUT2D eigenvalue weighted by molar-refractivity contribution is 5.73. The highest BCUT2D eigenvalue weighted by atomic mass is 15.0. The molecule has 0 saturated heterocycles. The van der Waals surface area contributed by atoms with E-state index >= 15 is 0 Å². The maximum Gasteiger partial charge on any atom is 0.179 e. The number of imidazole rings is 1. The van der Waals surface area contributed by atoms with Crippen molar-refractivity contribution in [2.45, 2.75) is 37.6 Å². The van der Waals surface area contributed by atoms with Crippen molar-refractivity contribution >= 4 is 17.0 Å². The molecule has 0 amide bonds. The van der Waals surface area contributed by atoms with Crippen LogP contribution < -0.4 is 11.1 Å². The Labute approximate surface area is 106 Å². The van der Waals surface area contributed by atoms with Crippen LogP contribution in [0, 0.1) is 0 Å². The normalized spacial score (nSPS) is 24.3. The molecule has 3 rings (SSSR count). The van der Waals surface area contributed by atoms with Gasteiger partial charge in [0.2, 0.25) is 0 Å². The van der Waals surface area contributed by atoms with Crippen LogP contribution in [0.1, 0.15) is 37.4 Å². The molecule has 1 fully saturated rings. The van der Waals surface area contributed by atoms with Crippen molar-refractivity contribution in [1.82, 2.24) is 15.0 Å². The lowest BCUT2D eigenvalue weighted by atomic mass is 9.86. The van der Waals surface area contributed by atoms with Gasteiger partial charge in [-0.15, -0.1) is 0 Å². The number of hydrogen-bond donors (Lipinski definition) is 3. The smallest absolute Gasteiger partial charge is 0.179 e. The molecule has 1 aliphatic carbocycles. The fraction of sp³-hybridized carbons (Fsp3) is 0.538. The molecule has 18 heavy (non-hydrogen) atoms. The van der Waals surface area contributed by atoms with E-state index < -0.39 is 0 Å². The summed E-state index contributed by atoms with van der Waals surface area (Å²) in [6.07, 6.45) is 4.44. The van der Waals surface area contributed by atoms with Gasteiger partial charge < -0.3 is 16.0 Å². The molecule has 0 atom stereocenters. The van der Waals surface area contributed by atoms with Gasteiger partial charge in [-0.1, -0.05) is 0 Å². The lowest BCUT2D eigenvalue weighted by Crippen LogP contribution is -2.26. The lowest BCUT2D eigenvalue weighted by Gasteiger charge is -2.24. The summed E-state index contributed by atoms with van der Waals surface area (Å²) < 4.78 is 0. The number of anilines is 1. The predicted octanol–water partition coefficient (Wildman–Crippen LogP) is 1.98. The largest absolute Gasteiger partial charge is 0.373 e. The monoisotopic (exact) mass is 245 g/mol. The Hall–Kier alpha value is -1.62. The summed E-state index contributed by atoms with van der Waals surface area (Å²) in [5.41, 5.74) is 7.75. The summed E-state index contributed by atoms with van der Waals surface area (Å²) in [6, 6.07) is 4.36. The van der Waals surface area contributed by atoms with E-state index in [1.807, 2.05) is 19.2 Å². The molecule has 0 aliphatic heterocycles. The second-order valence-corrected chi connectivity index (χ2v) is 5.05. The molecule has 2 aromatic rings. The molecule has 0 bridgehead atoms. The summed E-state index contributed by atoms with van der Waals surface area (Å²) in [5.74, 6) is 2.43.